The van der Waals surface area contributed by atoms with Crippen LogP contribution in [0, 0.1) is 5.41 Å². The van der Waals surface area contributed by atoms with E-state index in [-0.39, 0.29) is 5.41 Å². The molecule has 0 rings (SSSR count). The van der Waals surface area contributed by atoms with Gasteiger partial charge in [-0.25, -0.2) is 0 Å². The van der Waals surface area contributed by atoms with Crippen molar-refractivity contribution in [2.75, 3.05) is 25.4 Å². The SMILES string of the molecule is CCN(CC)CCCSC(=O)C(C)(C)C. The van der Waals surface area contributed by atoms with Crippen LogP contribution in [0.2, 0.25) is 0 Å². The van der Waals surface area contributed by atoms with Crippen molar-refractivity contribution in [1.29, 1.82) is 0 Å². The molecule has 0 heterocycles. The molecule has 0 aromatic rings. The van der Waals surface area contributed by atoms with Gasteiger partial charge in [0.05, 0.1) is 0 Å². The summed E-state index contributed by atoms with van der Waals surface area (Å²) in [6, 6.07) is 0. The van der Waals surface area contributed by atoms with E-state index in [1.807, 2.05) is 20.8 Å². The van der Waals surface area contributed by atoms with E-state index in [0.717, 1.165) is 31.8 Å². The molecular formula is C12H25NOS. The number of nitrogens with zero attached hydrogens (tertiary/aromatic N) is 1. The van der Waals surface area contributed by atoms with E-state index in [0.29, 0.717) is 5.12 Å². The van der Waals surface area contributed by atoms with Gasteiger partial charge in [0.2, 0.25) is 0 Å². The van der Waals surface area contributed by atoms with Gasteiger partial charge in [-0.3, -0.25) is 4.79 Å². The van der Waals surface area contributed by atoms with Gasteiger partial charge in [-0.15, -0.1) is 0 Å². The average Bonchev–Trinajstić information content (AvgIpc) is 2.16. The van der Waals surface area contributed by atoms with Crippen LogP contribution in [0.15, 0.2) is 0 Å². The van der Waals surface area contributed by atoms with Gasteiger partial charge in [-0.05, 0) is 26.1 Å². The zero-order valence-electron chi connectivity index (χ0n) is 10.8. The van der Waals surface area contributed by atoms with Gasteiger partial charge >= 0.3 is 0 Å². The van der Waals surface area contributed by atoms with E-state index < -0.39 is 0 Å². The summed E-state index contributed by atoms with van der Waals surface area (Å²) >= 11 is 1.48. The Morgan fingerprint density at radius 2 is 1.73 bits per heavy atom. The van der Waals surface area contributed by atoms with E-state index in [2.05, 4.69) is 18.7 Å². The van der Waals surface area contributed by atoms with Crippen LogP contribution >= 0.6 is 11.8 Å². The highest BCUT2D eigenvalue weighted by molar-refractivity contribution is 8.13. The fourth-order valence-corrected chi connectivity index (χ4v) is 2.10. The summed E-state index contributed by atoms with van der Waals surface area (Å²) in [6.07, 6.45) is 1.11. The number of hydrogen-bond donors (Lipinski definition) is 0. The van der Waals surface area contributed by atoms with Gasteiger partial charge in [0.25, 0.3) is 0 Å². The third-order valence-electron chi connectivity index (χ3n) is 2.36. The molecule has 90 valence electrons. The van der Waals surface area contributed by atoms with E-state index in [9.17, 15) is 4.79 Å². The highest BCUT2D eigenvalue weighted by Gasteiger charge is 2.20. The number of thioether (sulfide) groups is 1. The van der Waals surface area contributed by atoms with Crippen molar-refractivity contribution in [2.24, 2.45) is 5.41 Å². The molecule has 0 fully saturated rings. The van der Waals surface area contributed by atoms with Crippen molar-refractivity contribution in [1.82, 2.24) is 4.90 Å². The lowest BCUT2D eigenvalue weighted by Gasteiger charge is -2.18. The minimum atomic E-state index is -0.195. The molecule has 0 aliphatic rings. The Hall–Kier alpha value is -0.0200. The van der Waals surface area contributed by atoms with Crippen LogP contribution < -0.4 is 0 Å². The first-order valence-corrected chi connectivity index (χ1v) is 6.80. The van der Waals surface area contributed by atoms with Crippen molar-refractivity contribution < 1.29 is 4.79 Å². The molecule has 0 spiro atoms. The first-order valence-electron chi connectivity index (χ1n) is 5.81. The van der Waals surface area contributed by atoms with Gasteiger partial charge in [-0.1, -0.05) is 46.4 Å². The maximum atomic E-state index is 11.6. The Labute approximate surface area is 98.8 Å². The molecule has 0 saturated heterocycles. The third kappa shape index (κ3) is 6.96. The van der Waals surface area contributed by atoms with Crippen LogP contribution in [0.3, 0.4) is 0 Å². The van der Waals surface area contributed by atoms with Crippen LogP contribution in [-0.4, -0.2) is 35.4 Å². The van der Waals surface area contributed by atoms with E-state index in [1.54, 1.807) is 0 Å². The largest absolute Gasteiger partial charge is 0.304 e. The van der Waals surface area contributed by atoms with Crippen molar-refractivity contribution in [3.8, 4) is 0 Å². The highest BCUT2D eigenvalue weighted by Crippen LogP contribution is 2.23. The average molecular weight is 231 g/mol. The molecule has 0 saturated carbocycles. The van der Waals surface area contributed by atoms with E-state index in [4.69, 9.17) is 0 Å². The number of carbonyl (C=O) groups is 1. The lowest BCUT2D eigenvalue weighted by Crippen LogP contribution is -2.24. The fraction of sp³-hybridized carbons (Fsp3) is 0.917. The van der Waals surface area contributed by atoms with Gasteiger partial charge in [0.1, 0.15) is 0 Å². The fourth-order valence-electron chi connectivity index (χ4n) is 1.21. The van der Waals surface area contributed by atoms with Crippen molar-refractivity contribution in [2.45, 2.75) is 41.0 Å². The van der Waals surface area contributed by atoms with Crippen molar-refractivity contribution in [3.63, 3.8) is 0 Å². The standard InChI is InChI=1S/C12H25NOS/c1-6-13(7-2)9-8-10-15-11(14)12(3,4)5/h6-10H2,1-5H3. The van der Waals surface area contributed by atoms with Gasteiger partial charge in [0.15, 0.2) is 5.12 Å². The normalized spacial score (nSPS) is 12.1. The highest BCUT2D eigenvalue weighted by atomic mass is 32.2. The molecule has 0 amide bonds. The van der Waals surface area contributed by atoms with Gasteiger partial charge in [0, 0.05) is 11.2 Å². The van der Waals surface area contributed by atoms with Crippen LogP contribution in [-0.2, 0) is 4.79 Å². The Kier molecular flexibility index (Phi) is 7.28. The second-order valence-corrected chi connectivity index (χ2v) is 5.83. The summed E-state index contributed by atoms with van der Waals surface area (Å²) in [6.45, 7) is 13.6. The Morgan fingerprint density at radius 3 is 2.13 bits per heavy atom. The summed E-state index contributed by atoms with van der Waals surface area (Å²) in [5, 5.41) is 0.307. The lowest BCUT2D eigenvalue weighted by molar-refractivity contribution is -0.117. The van der Waals surface area contributed by atoms with Gasteiger partial charge in [-0.2, -0.15) is 0 Å². The Balaban J connectivity index is 3.59. The summed E-state index contributed by atoms with van der Waals surface area (Å²) in [4.78, 5) is 14.0. The van der Waals surface area contributed by atoms with Crippen LogP contribution in [0.4, 0.5) is 0 Å². The zero-order valence-corrected chi connectivity index (χ0v) is 11.6. The molecule has 0 aromatic heterocycles. The molecule has 0 N–H and O–H groups in total. The Bertz CT molecular complexity index is 183. The number of carbonyl (C=O) groups excluding carboxylic acids is 1. The molecule has 0 bridgehead atoms. The predicted molar refractivity (Wildman–Crippen MR) is 69.3 cm³/mol. The molecule has 0 aromatic carbocycles. The summed E-state index contributed by atoms with van der Waals surface area (Å²) < 4.78 is 0. The van der Waals surface area contributed by atoms with Crippen LogP contribution in [0.1, 0.15) is 41.0 Å². The number of rotatable bonds is 6. The first-order chi connectivity index (χ1) is 6.91. The molecule has 3 heteroatoms. The zero-order chi connectivity index (χ0) is 11.9. The molecule has 0 aliphatic heterocycles. The quantitative estimate of drug-likeness (QED) is 0.655. The Morgan fingerprint density at radius 1 is 1.20 bits per heavy atom. The van der Waals surface area contributed by atoms with E-state index >= 15 is 0 Å². The summed E-state index contributed by atoms with van der Waals surface area (Å²) in [5.41, 5.74) is -0.195. The summed E-state index contributed by atoms with van der Waals surface area (Å²) in [5.74, 6) is 0.951. The first kappa shape index (κ1) is 15.0. The maximum absolute atomic E-state index is 11.6. The summed E-state index contributed by atoms with van der Waals surface area (Å²) in [7, 11) is 0. The van der Waals surface area contributed by atoms with Crippen LogP contribution in [0.5, 0.6) is 0 Å². The molecular weight excluding hydrogens is 206 g/mol. The smallest absolute Gasteiger partial charge is 0.194 e. The topological polar surface area (TPSA) is 20.3 Å². The number of hydrogen-bond acceptors (Lipinski definition) is 3. The second-order valence-electron chi connectivity index (χ2n) is 4.77. The molecule has 0 aliphatic carbocycles. The molecule has 0 unspecified atom stereocenters. The minimum Gasteiger partial charge on any atom is -0.304 e. The predicted octanol–water partition coefficient (Wildman–Crippen LogP) is 3.02. The molecule has 0 radical (unpaired) electrons. The van der Waals surface area contributed by atoms with Crippen LogP contribution in [0.25, 0.3) is 0 Å². The molecule has 2 nitrogen and oxygen atoms in total. The van der Waals surface area contributed by atoms with Crippen molar-refractivity contribution >= 4 is 16.9 Å². The second kappa shape index (κ2) is 7.29. The molecule has 15 heavy (non-hydrogen) atoms. The molecule has 0 atom stereocenters. The van der Waals surface area contributed by atoms with E-state index in [1.165, 1.54) is 11.8 Å². The third-order valence-corrected chi connectivity index (χ3v) is 3.73. The monoisotopic (exact) mass is 231 g/mol. The maximum Gasteiger partial charge on any atom is 0.194 e. The minimum absolute atomic E-state index is 0.195. The lowest BCUT2D eigenvalue weighted by atomic mass is 10.00. The van der Waals surface area contributed by atoms with Gasteiger partial charge < -0.3 is 4.90 Å². The van der Waals surface area contributed by atoms with Crippen molar-refractivity contribution in [3.05, 3.63) is 0 Å².